The van der Waals surface area contributed by atoms with E-state index in [0.717, 1.165) is 8.95 Å². The van der Waals surface area contributed by atoms with Gasteiger partial charge in [0.25, 0.3) is 0 Å². The Morgan fingerprint density at radius 3 is 2.71 bits per heavy atom. The summed E-state index contributed by atoms with van der Waals surface area (Å²) in [5.41, 5.74) is 7.65. The Labute approximate surface area is 117 Å². The number of anilines is 2. The van der Waals surface area contributed by atoms with Crippen molar-refractivity contribution in [3.63, 3.8) is 0 Å². The molecule has 0 atom stereocenters. The number of halogens is 2. The van der Waals surface area contributed by atoms with Gasteiger partial charge in [-0.3, -0.25) is 0 Å². The number of pyridine rings is 1. The fraction of sp³-hybridized carbons (Fsp3) is 0.0833. The van der Waals surface area contributed by atoms with E-state index in [2.05, 4.69) is 48.2 Å². The van der Waals surface area contributed by atoms with Gasteiger partial charge in [0.15, 0.2) is 0 Å². The van der Waals surface area contributed by atoms with Crippen molar-refractivity contribution in [2.75, 3.05) is 11.1 Å². The SMILES string of the molecule is Nc1cc(Br)cnc1NCc1cccc(Br)c1. The number of nitrogens with two attached hydrogens (primary N) is 1. The van der Waals surface area contributed by atoms with E-state index in [1.807, 2.05) is 24.3 Å². The topological polar surface area (TPSA) is 50.9 Å². The number of nitrogen functional groups attached to an aromatic ring is 1. The molecular weight excluding hydrogens is 346 g/mol. The number of benzene rings is 1. The zero-order valence-corrected chi connectivity index (χ0v) is 12.1. The maximum atomic E-state index is 5.85. The van der Waals surface area contributed by atoms with Gasteiger partial charge in [0.05, 0.1) is 5.69 Å². The molecule has 0 fully saturated rings. The van der Waals surface area contributed by atoms with Crippen molar-refractivity contribution in [3.05, 3.63) is 51.0 Å². The van der Waals surface area contributed by atoms with E-state index in [-0.39, 0.29) is 0 Å². The normalized spacial score (nSPS) is 10.2. The molecule has 0 bridgehead atoms. The summed E-state index contributed by atoms with van der Waals surface area (Å²) in [5, 5.41) is 3.21. The van der Waals surface area contributed by atoms with E-state index in [9.17, 15) is 0 Å². The van der Waals surface area contributed by atoms with Gasteiger partial charge in [-0.25, -0.2) is 4.98 Å². The van der Waals surface area contributed by atoms with E-state index >= 15 is 0 Å². The van der Waals surface area contributed by atoms with Crippen molar-refractivity contribution in [2.45, 2.75) is 6.54 Å². The maximum absolute atomic E-state index is 5.85. The summed E-state index contributed by atoms with van der Waals surface area (Å²) in [6, 6.07) is 9.93. The predicted octanol–water partition coefficient (Wildman–Crippen LogP) is 3.80. The third-order valence-electron chi connectivity index (χ3n) is 2.23. The number of nitrogens with one attached hydrogen (secondary N) is 1. The molecular formula is C12H11Br2N3. The predicted molar refractivity (Wildman–Crippen MR) is 77.8 cm³/mol. The molecule has 1 aromatic heterocycles. The smallest absolute Gasteiger partial charge is 0.149 e. The van der Waals surface area contributed by atoms with Crippen molar-refractivity contribution in [1.29, 1.82) is 0 Å². The molecule has 0 amide bonds. The molecule has 0 unspecified atom stereocenters. The van der Waals surface area contributed by atoms with Crippen LogP contribution in [0.3, 0.4) is 0 Å². The molecule has 0 aliphatic carbocycles. The third-order valence-corrected chi connectivity index (χ3v) is 3.16. The van der Waals surface area contributed by atoms with Gasteiger partial charge < -0.3 is 11.1 Å². The minimum Gasteiger partial charge on any atom is -0.396 e. The standard InChI is InChI=1S/C12H11Br2N3/c13-9-3-1-2-8(4-9)6-16-12-11(15)5-10(14)7-17-12/h1-5,7H,6,15H2,(H,16,17). The lowest BCUT2D eigenvalue weighted by molar-refractivity contribution is 1.11. The van der Waals surface area contributed by atoms with Gasteiger partial charge in [-0.1, -0.05) is 28.1 Å². The van der Waals surface area contributed by atoms with Crippen LogP contribution in [-0.2, 0) is 6.54 Å². The summed E-state index contributed by atoms with van der Waals surface area (Å²) in [6.45, 7) is 0.693. The average molecular weight is 357 g/mol. The lowest BCUT2D eigenvalue weighted by atomic mass is 10.2. The third kappa shape index (κ3) is 3.44. The molecule has 0 saturated heterocycles. The average Bonchev–Trinajstić information content (AvgIpc) is 2.28. The molecule has 2 rings (SSSR count). The molecule has 88 valence electrons. The Hall–Kier alpha value is -1.07. The fourth-order valence-corrected chi connectivity index (χ4v) is 2.23. The Morgan fingerprint density at radius 1 is 1.18 bits per heavy atom. The van der Waals surface area contributed by atoms with E-state index in [1.165, 1.54) is 5.56 Å². The summed E-state index contributed by atoms with van der Waals surface area (Å²) in [5.74, 6) is 0.702. The Kier molecular flexibility index (Phi) is 4.02. The van der Waals surface area contributed by atoms with Crippen LogP contribution in [0.15, 0.2) is 45.5 Å². The molecule has 2 aromatic rings. The first-order valence-electron chi connectivity index (χ1n) is 5.04. The van der Waals surface area contributed by atoms with Gasteiger partial charge in [-0.2, -0.15) is 0 Å². The minimum atomic E-state index is 0.634. The van der Waals surface area contributed by atoms with Gasteiger partial charge in [0, 0.05) is 21.7 Å². The number of rotatable bonds is 3. The van der Waals surface area contributed by atoms with Gasteiger partial charge in [-0.15, -0.1) is 0 Å². The Balaban J connectivity index is 2.07. The summed E-state index contributed by atoms with van der Waals surface area (Å²) >= 11 is 6.76. The molecule has 0 aliphatic heterocycles. The largest absolute Gasteiger partial charge is 0.396 e. The van der Waals surface area contributed by atoms with Crippen LogP contribution >= 0.6 is 31.9 Å². The van der Waals surface area contributed by atoms with Crippen LogP contribution in [0, 0.1) is 0 Å². The highest BCUT2D eigenvalue weighted by Crippen LogP contribution is 2.20. The van der Waals surface area contributed by atoms with Crippen molar-refractivity contribution in [3.8, 4) is 0 Å². The van der Waals surface area contributed by atoms with Crippen molar-refractivity contribution >= 4 is 43.4 Å². The van der Waals surface area contributed by atoms with Crippen LogP contribution in [0.2, 0.25) is 0 Å². The van der Waals surface area contributed by atoms with Crippen LogP contribution < -0.4 is 11.1 Å². The number of hydrogen-bond donors (Lipinski definition) is 2. The molecule has 17 heavy (non-hydrogen) atoms. The summed E-state index contributed by atoms with van der Waals surface area (Å²) in [7, 11) is 0. The Bertz CT molecular complexity index is 529. The monoisotopic (exact) mass is 355 g/mol. The second-order valence-corrected chi connectivity index (χ2v) is 5.41. The second kappa shape index (κ2) is 5.51. The lowest BCUT2D eigenvalue weighted by Crippen LogP contribution is -2.04. The summed E-state index contributed by atoms with van der Waals surface area (Å²) in [6.07, 6.45) is 1.72. The van der Waals surface area contributed by atoms with Gasteiger partial charge >= 0.3 is 0 Å². The zero-order chi connectivity index (χ0) is 12.3. The van der Waals surface area contributed by atoms with Crippen molar-refractivity contribution < 1.29 is 0 Å². The number of hydrogen-bond acceptors (Lipinski definition) is 3. The van der Waals surface area contributed by atoms with Gasteiger partial charge in [0.2, 0.25) is 0 Å². The highest BCUT2D eigenvalue weighted by Gasteiger charge is 2.01. The molecule has 0 saturated carbocycles. The van der Waals surface area contributed by atoms with Crippen molar-refractivity contribution in [2.24, 2.45) is 0 Å². The first-order valence-corrected chi connectivity index (χ1v) is 6.63. The van der Waals surface area contributed by atoms with Crippen LogP contribution in [0.25, 0.3) is 0 Å². The van der Waals surface area contributed by atoms with E-state index in [4.69, 9.17) is 5.73 Å². The van der Waals surface area contributed by atoms with Crippen LogP contribution in [0.4, 0.5) is 11.5 Å². The first kappa shape index (κ1) is 12.4. The molecule has 1 aromatic carbocycles. The number of aromatic nitrogens is 1. The van der Waals surface area contributed by atoms with E-state index < -0.39 is 0 Å². The molecule has 3 nitrogen and oxygen atoms in total. The van der Waals surface area contributed by atoms with E-state index in [1.54, 1.807) is 6.20 Å². The van der Waals surface area contributed by atoms with Gasteiger partial charge in [-0.05, 0) is 39.7 Å². The zero-order valence-electron chi connectivity index (χ0n) is 8.95. The highest BCUT2D eigenvalue weighted by molar-refractivity contribution is 9.10. The summed E-state index contributed by atoms with van der Waals surface area (Å²) in [4.78, 5) is 4.22. The van der Waals surface area contributed by atoms with Gasteiger partial charge in [0.1, 0.15) is 5.82 Å². The van der Waals surface area contributed by atoms with Crippen molar-refractivity contribution in [1.82, 2.24) is 4.98 Å². The second-order valence-electron chi connectivity index (χ2n) is 3.57. The molecule has 1 heterocycles. The lowest BCUT2D eigenvalue weighted by Gasteiger charge is -2.08. The Morgan fingerprint density at radius 2 is 2.00 bits per heavy atom. The quantitative estimate of drug-likeness (QED) is 0.879. The molecule has 0 aliphatic rings. The maximum Gasteiger partial charge on any atom is 0.149 e. The summed E-state index contributed by atoms with van der Waals surface area (Å²) < 4.78 is 1.94. The highest BCUT2D eigenvalue weighted by atomic mass is 79.9. The molecule has 0 spiro atoms. The number of nitrogens with zero attached hydrogens (tertiary/aromatic N) is 1. The van der Waals surface area contributed by atoms with Crippen LogP contribution in [-0.4, -0.2) is 4.98 Å². The minimum absolute atomic E-state index is 0.634. The van der Waals surface area contributed by atoms with E-state index in [0.29, 0.717) is 18.1 Å². The van der Waals surface area contributed by atoms with Crippen LogP contribution in [0.1, 0.15) is 5.56 Å². The fourth-order valence-electron chi connectivity index (χ4n) is 1.44. The molecule has 0 radical (unpaired) electrons. The molecule has 5 heteroatoms. The van der Waals surface area contributed by atoms with Crippen LogP contribution in [0.5, 0.6) is 0 Å². The molecule has 3 N–H and O–H groups in total. The first-order chi connectivity index (χ1) is 8.15.